The van der Waals surface area contributed by atoms with Gasteiger partial charge in [-0.2, -0.15) is 0 Å². The van der Waals surface area contributed by atoms with Gasteiger partial charge in [0.1, 0.15) is 13.2 Å². The Kier molecular flexibility index (Phi) is 19.9. The molecule has 0 spiro atoms. The number of likely N-dealkylation sites (N-methyl/N-ethyl adjacent to an activating group) is 1. The van der Waals surface area contributed by atoms with Crippen molar-refractivity contribution in [3.05, 3.63) is 12.2 Å². The summed E-state index contributed by atoms with van der Waals surface area (Å²) in [4.78, 5) is 24.4. The molecular weight excluding hydrogens is 467 g/mol. The molecule has 35 heavy (non-hydrogen) atoms. The fourth-order valence-electron chi connectivity index (χ4n) is 3.44. The standard InChI is InChI=1S/C26H53N2O6P/c1-6-8-10-11-12-13-14-15-16-18-19-25(29)24(27-26(30)20-17-9-7-2)23-34-35(31,32)33-22-21-28(3,4)5/h18-19,24-25,29H,6-17,20-23H2,1-5H3,(H-,27,30,31,32)/b19-18+. The van der Waals surface area contributed by atoms with Gasteiger partial charge in [0.25, 0.3) is 7.82 Å². The van der Waals surface area contributed by atoms with Gasteiger partial charge in [-0.1, -0.05) is 83.8 Å². The van der Waals surface area contributed by atoms with Crippen molar-refractivity contribution in [3.8, 4) is 0 Å². The number of amides is 1. The molecule has 0 aliphatic heterocycles. The summed E-state index contributed by atoms with van der Waals surface area (Å²) in [7, 11) is 1.25. The van der Waals surface area contributed by atoms with Crippen molar-refractivity contribution in [2.45, 2.75) is 109 Å². The number of nitrogens with zero attached hydrogens (tertiary/aromatic N) is 1. The maximum absolute atomic E-state index is 12.3. The largest absolute Gasteiger partial charge is 0.756 e. The summed E-state index contributed by atoms with van der Waals surface area (Å²) in [5, 5.41) is 13.3. The van der Waals surface area contributed by atoms with Crippen molar-refractivity contribution in [2.75, 3.05) is 40.9 Å². The molecule has 3 atom stereocenters. The van der Waals surface area contributed by atoms with Crippen LogP contribution in [-0.2, 0) is 18.4 Å². The van der Waals surface area contributed by atoms with Gasteiger partial charge in [0.15, 0.2) is 0 Å². The fourth-order valence-corrected chi connectivity index (χ4v) is 4.16. The van der Waals surface area contributed by atoms with E-state index in [9.17, 15) is 19.4 Å². The zero-order valence-electron chi connectivity index (χ0n) is 23.0. The maximum atomic E-state index is 12.3. The molecule has 0 saturated heterocycles. The average molecular weight is 521 g/mol. The second-order valence-corrected chi connectivity index (χ2v) is 11.8. The van der Waals surface area contributed by atoms with Crippen molar-refractivity contribution in [3.63, 3.8) is 0 Å². The minimum atomic E-state index is -4.54. The summed E-state index contributed by atoms with van der Waals surface area (Å²) in [5.74, 6) is -0.228. The number of allylic oxidation sites excluding steroid dienone is 1. The number of aliphatic hydroxyl groups is 1. The van der Waals surface area contributed by atoms with E-state index < -0.39 is 20.0 Å². The van der Waals surface area contributed by atoms with E-state index in [0.717, 1.165) is 38.5 Å². The first-order valence-electron chi connectivity index (χ1n) is 13.6. The molecule has 3 unspecified atom stereocenters. The Balaban J connectivity index is 4.64. The number of carbonyl (C=O) groups excluding carboxylic acids is 1. The van der Waals surface area contributed by atoms with Crippen LogP contribution in [-0.4, -0.2) is 68.5 Å². The topological polar surface area (TPSA) is 108 Å². The van der Waals surface area contributed by atoms with Gasteiger partial charge in [0, 0.05) is 6.42 Å². The number of carbonyl (C=O) groups is 1. The lowest BCUT2D eigenvalue weighted by Gasteiger charge is -2.29. The van der Waals surface area contributed by atoms with E-state index in [1.165, 1.54) is 38.5 Å². The Morgan fingerprint density at radius 3 is 2.14 bits per heavy atom. The molecule has 0 fully saturated rings. The number of hydrogen-bond donors (Lipinski definition) is 2. The Labute approximate surface area is 214 Å². The van der Waals surface area contributed by atoms with Gasteiger partial charge in [-0.25, -0.2) is 0 Å². The molecule has 0 bridgehead atoms. The summed E-state index contributed by atoms with van der Waals surface area (Å²) in [6, 6.07) is -0.872. The molecule has 0 aliphatic rings. The summed E-state index contributed by atoms with van der Waals surface area (Å²) in [5.41, 5.74) is 0. The zero-order valence-corrected chi connectivity index (χ0v) is 23.9. The van der Waals surface area contributed by atoms with Gasteiger partial charge >= 0.3 is 0 Å². The summed E-state index contributed by atoms with van der Waals surface area (Å²) in [6.07, 6.45) is 16.2. The van der Waals surface area contributed by atoms with Gasteiger partial charge < -0.3 is 28.8 Å². The zero-order chi connectivity index (χ0) is 26.6. The van der Waals surface area contributed by atoms with Crippen LogP contribution in [0.1, 0.15) is 97.3 Å². The van der Waals surface area contributed by atoms with Crippen molar-refractivity contribution >= 4 is 13.7 Å². The molecule has 0 aromatic heterocycles. The molecular formula is C26H53N2O6P. The van der Waals surface area contributed by atoms with Crippen LogP contribution >= 0.6 is 7.82 Å². The summed E-state index contributed by atoms with van der Waals surface area (Å²) >= 11 is 0. The van der Waals surface area contributed by atoms with E-state index in [1.54, 1.807) is 6.08 Å². The van der Waals surface area contributed by atoms with E-state index in [0.29, 0.717) is 17.4 Å². The second kappa shape index (κ2) is 20.3. The maximum Gasteiger partial charge on any atom is 0.268 e. The highest BCUT2D eigenvalue weighted by Gasteiger charge is 2.23. The van der Waals surface area contributed by atoms with Crippen LogP contribution < -0.4 is 10.2 Å². The van der Waals surface area contributed by atoms with Crippen molar-refractivity contribution in [1.29, 1.82) is 0 Å². The first-order chi connectivity index (χ1) is 16.5. The SMILES string of the molecule is CCCCCCCCCC/C=C/C(O)C(COP(=O)([O-])OCC[N+](C)(C)C)NC(=O)CCCCC. The fraction of sp³-hybridized carbons (Fsp3) is 0.885. The first-order valence-corrected chi connectivity index (χ1v) is 15.0. The molecule has 0 radical (unpaired) electrons. The lowest BCUT2D eigenvalue weighted by molar-refractivity contribution is -0.870. The summed E-state index contributed by atoms with van der Waals surface area (Å²) in [6.45, 7) is 4.39. The normalized spacial score (nSPS) is 15.7. The average Bonchev–Trinajstić information content (AvgIpc) is 2.76. The molecule has 0 saturated carbocycles. The minimum absolute atomic E-state index is 0.000614. The predicted molar refractivity (Wildman–Crippen MR) is 141 cm³/mol. The Hall–Kier alpha value is -0.760. The quantitative estimate of drug-likeness (QED) is 0.0875. The number of phosphoric ester groups is 1. The van der Waals surface area contributed by atoms with Gasteiger partial charge in [0.05, 0.1) is 39.9 Å². The number of unbranched alkanes of at least 4 members (excludes halogenated alkanes) is 10. The molecule has 0 aliphatic carbocycles. The highest BCUT2D eigenvalue weighted by Crippen LogP contribution is 2.38. The van der Waals surface area contributed by atoms with Gasteiger partial charge in [-0.3, -0.25) is 9.36 Å². The number of aliphatic hydroxyl groups excluding tert-OH is 1. The van der Waals surface area contributed by atoms with Crippen molar-refractivity contribution < 1.29 is 32.9 Å². The molecule has 9 heteroatoms. The molecule has 208 valence electrons. The number of phosphoric acid groups is 1. The van der Waals surface area contributed by atoms with Crippen LogP contribution in [0.2, 0.25) is 0 Å². The number of quaternary nitrogens is 1. The van der Waals surface area contributed by atoms with Crippen LogP contribution in [0.15, 0.2) is 12.2 Å². The highest BCUT2D eigenvalue weighted by atomic mass is 31.2. The Morgan fingerprint density at radius 1 is 0.971 bits per heavy atom. The lowest BCUT2D eigenvalue weighted by Crippen LogP contribution is -2.45. The third-order valence-corrected chi connectivity index (χ3v) is 6.71. The molecule has 1 amide bonds. The van der Waals surface area contributed by atoms with Crippen LogP contribution in [0, 0.1) is 0 Å². The van der Waals surface area contributed by atoms with Crippen molar-refractivity contribution in [2.24, 2.45) is 0 Å². The molecule has 2 N–H and O–H groups in total. The van der Waals surface area contributed by atoms with E-state index in [4.69, 9.17) is 9.05 Å². The van der Waals surface area contributed by atoms with Gasteiger partial charge in [-0.15, -0.1) is 0 Å². The Morgan fingerprint density at radius 2 is 1.54 bits per heavy atom. The minimum Gasteiger partial charge on any atom is -0.756 e. The van der Waals surface area contributed by atoms with E-state index in [-0.39, 0.29) is 19.1 Å². The summed E-state index contributed by atoms with van der Waals surface area (Å²) < 4.78 is 22.7. The number of nitrogens with one attached hydrogen (secondary N) is 1. The predicted octanol–water partition coefficient (Wildman–Crippen LogP) is 4.71. The van der Waals surface area contributed by atoms with Crippen LogP contribution in [0.25, 0.3) is 0 Å². The lowest BCUT2D eigenvalue weighted by atomic mass is 10.1. The van der Waals surface area contributed by atoms with Crippen LogP contribution in [0.5, 0.6) is 0 Å². The monoisotopic (exact) mass is 520 g/mol. The number of rotatable bonds is 23. The molecule has 0 aromatic rings. The molecule has 0 heterocycles. The highest BCUT2D eigenvalue weighted by molar-refractivity contribution is 7.45. The first kappa shape index (κ1) is 34.2. The molecule has 0 aromatic carbocycles. The smallest absolute Gasteiger partial charge is 0.268 e. The second-order valence-electron chi connectivity index (χ2n) is 10.4. The molecule has 8 nitrogen and oxygen atoms in total. The Bertz CT molecular complexity index is 609. The third kappa shape index (κ3) is 22.2. The molecule has 0 rings (SSSR count). The van der Waals surface area contributed by atoms with Crippen molar-refractivity contribution in [1.82, 2.24) is 5.32 Å². The van der Waals surface area contributed by atoms with Crippen LogP contribution in [0.3, 0.4) is 0 Å². The van der Waals surface area contributed by atoms with Gasteiger partial charge in [0.2, 0.25) is 5.91 Å². The number of hydrogen-bond acceptors (Lipinski definition) is 6. The van der Waals surface area contributed by atoms with E-state index in [2.05, 4.69) is 19.2 Å². The van der Waals surface area contributed by atoms with Gasteiger partial charge in [-0.05, 0) is 19.3 Å². The van der Waals surface area contributed by atoms with E-state index in [1.807, 2.05) is 27.2 Å². The van der Waals surface area contributed by atoms with Crippen LogP contribution in [0.4, 0.5) is 0 Å². The third-order valence-electron chi connectivity index (χ3n) is 5.75. The van der Waals surface area contributed by atoms with E-state index >= 15 is 0 Å².